The maximum absolute atomic E-state index is 11.8. The molecule has 0 aliphatic carbocycles. The quantitative estimate of drug-likeness (QED) is 0.310. The molecule has 0 saturated heterocycles. The number of hydrogen-bond acceptors (Lipinski definition) is 8. The van der Waals surface area contributed by atoms with Crippen molar-refractivity contribution in [2.24, 2.45) is 5.84 Å². The highest BCUT2D eigenvalue weighted by Crippen LogP contribution is 2.16. The van der Waals surface area contributed by atoms with E-state index in [1.165, 1.54) is 16.4 Å². The van der Waals surface area contributed by atoms with Gasteiger partial charge in [-0.3, -0.25) is 10.2 Å². The smallest absolute Gasteiger partial charge is 0.258 e. The average Bonchev–Trinajstić information content (AvgIpc) is 2.91. The maximum atomic E-state index is 11.8. The second-order valence-corrected chi connectivity index (χ2v) is 5.18. The highest BCUT2D eigenvalue weighted by Gasteiger charge is 2.11. The number of rotatable bonds is 7. The molecule has 2 rings (SSSR count). The number of nitrogens with one attached hydrogen (secondary N) is 2. The van der Waals surface area contributed by atoms with Gasteiger partial charge in [0.25, 0.3) is 5.95 Å². The van der Waals surface area contributed by atoms with Gasteiger partial charge in [0.2, 0.25) is 11.1 Å². The third-order valence-corrected chi connectivity index (χ3v) is 3.72. The van der Waals surface area contributed by atoms with E-state index in [9.17, 15) is 4.79 Å². The Morgan fingerprint density at radius 3 is 2.68 bits per heavy atom. The zero-order chi connectivity index (χ0) is 15.9. The van der Waals surface area contributed by atoms with Crippen molar-refractivity contribution in [3.8, 4) is 5.75 Å². The molecule has 1 amide bonds. The van der Waals surface area contributed by atoms with Crippen molar-refractivity contribution in [1.82, 2.24) is 20.2 Å². The second-order valence-electron chi connectivity index (χ2n) is 4.23. The minimum atomic E-state index is -0.133. The summed E-state index contributed by atoms with van der Waals surface area (Å²) in [7, 11) is 1.61. The van der Waals surface area contributed by atoms with E-state index in [4.69, 9.17) is 16.4 Å². The minimum absolute atomic E-state index is 0.133. The van der Waals surface area contributed by atoms with Gasteiger partial charge in [0.1, 0.15) is 5.75 Å². The number of aromatic nitrogens is 3. The van der Waals surface area contributed by atoms with Gasteiger partial charge >= 0.3 is 0 Å². The Labute approximate surface area is 131 Å². The van der Waals surface area contributed by atoms with E-state index in [1.54, 1.807) is 7.11 Å². The molecular formula is C12H17N7O2S. The zero-order valence-electron chi connectivity index (χ0n) is 11.9. The molecule has 0 aliphatic rings. The molecule has 10 heteroatoms. The molecule has 1 heterocycles. The van der Waals surface area contributed by atoms with Crippen LogP contribution >= 0.6 is 11.8 Å². The summed E-state index contributed by atoms with van der Waals surface area (Å²) in [6, 6.07) is 7.47. The molecule has 0 aliphatic heterocycles. The Morgan fingerprint density at radius 2 is 2.09 bits per heavy atom. The summed E-state index contributed by atoms with van der Waals surface area (Å²) >= 11 is 1.17. The van der Waals surface area contributed by atoms with Crippen LogP contribution < -0.4 is 27.2 Å². The topological polar surface area (TPSA) is 133 Å². The molecule has 0 unspecified atom stereocenters. The fraction of sp³-hybridized carbons (Fsp3) is 0.250. The van der Waals surface area contributed by atoms with E-state index in [1.807, 2.05) is 24.3 Å². The van der Waals surface area contributed by atoms with Crippen LogP contribution in [0.4, 0.5) is 5.95 Å². The van der Waals surface area contributed by atoms with Crippen LogP contribution in [0.1, 0.15) is 5.56 Å². The standard InChI is InChI=1S/C12H17N7O2S/c1-21-9-4-2-8(3-5-9)6-15-10(20)7-22-12-18-17-11(16-13)19(12)14/h2-5H,6-7,13-14H2,1H3,(H,15,20)(H,16,17). The van der Waals surface area contributed by atoms with E-state index in [-0.39, 0.29) is 17.6 Å². The normalized spacial score (nSPS) is 10.3. The van der Waals surface area contributed by atoms with Gasteiger partial charge in [0.05, 0.1) is 12.9 Å². The number of ether oxygens (including phenoxy) is 1. The predicted octanol–water partition coefficient (Wildman–Crippen LogP) is -0.305. The molecule has 9 nitrogen and oxygen atoms in total. The Kier molecular flexibility index (Phi) is 5.44. The molecule has 0 fully saturated rings. The molecule has 6 N–H and O–H groups in total. The number of hydrazine groups is 1. The second kappa shape index (κ2) is 7.52. The average molecular weight is 323 g/mol. The lowest BCUT2D eigenvalue weighted by atomic mass is 10.2. The number of hydrogen-bond donors (Lipinski definition) is 4. The molecular weight excluding hydrogens is 306 g/mol. The summed E-state index contributed by atoms with van der Waals surface area (Å²) in [6.07, 6.45) is 0. The van der Waals surface area contributed by atoms with Crippen molar-refractivity contribution in [3.05, 3.63) is 29.8 Å². The van der Waals surface area contributed by atoms with Gasteiger partial charge in [-0.05, 0) is 17.7 Å². The van der Waals surface area contributed by atoms with Crippen molar-refractivity contribution < 1.29 is 9.53 Å². The van der Waals surface area contributed by atoms with Gasteiger partial charge in [0, 0.05) is 6.54 Å². The first-order valence-electron chi connectivity index (χ1n) is 6.33. The van der Waals surface area contributed by atoms with Crippen LogP contribution in [0.2, 0.25) is 0 Å². The molecule has 1 aromatic heterocycles. The van der Waals surface area contributed by atoms with Gasteiger partial charge in [-0.25, -0.2) is 10.5 Å². The molecule has 0 saturated carbocycles. The van der Waals surface area contributed by atoms with Crippen molar-refractivity contribution in [1.29, 1.82) is 0 Å². The lowest BCUT2D eigenvalue weighted by Crippen LogP contribution is -2.25. The van der Waals surface area contributed by atoms with Crippen LogP contribution in [0.5, 0.6) is 5.75 Å². The molecule has 1 aromatic carbocycles. The first-order valence-corrected chi connectivity index (χ1v) is 7.32. The molecule has 0 atom stereocenters. The van der Waals surface area contributed by atoms with E-state index in [0.29, 0.717) is 11.7 Å². The maximum Gasteiger partial charge on any atom is 0.258 e. The Morgan fingerprint density at radius 1 is 1.36 bits per heavy atom. The van der Waals surface area contributed by atoms with E-state index >= 15 is 0 Å². The van der Waals surface area contributed by atoms with Gasteiger partial charge in [-0.2, -0.15) is 0 Å². The van der Waals surface area contributed by atoms with E-state index in [0.717, 1.165) is 11.3 Å². The molecule has 118 valence electrons. The lowest BCUT2D eigenvalue weighted by Gasteiger charge is -2.06. The van der Waals surface area contributed by atoms with Crippen molar-refractivity contribution in [2.45, 2.75) is 11.7 Å². The third-order valence-electron chi connectivity index (χ3n) is 2.77. The van der Waals surface area contributed by atoms with Crippen LogP contribution in [0.25, 0.3) is 0 Å². The van der Waals surface area contributed by atoms with E-state index in [2.05, 4.69) is 20.9 Å². The summed E-state index contributed by atoms with van der Waals surface area (Å²) in [4.78, 5) is 11.8. The number of amides is 1. The molecule has 22 heavy (non-hydrogen) atoms. The summed E-state index contributed by atoms with van der Waals surface area (Å²) in [6.45, 7) is 0.439. The summed E-state index contributed by atoms with van der Waals surface area (Å²) in [5, 5.41) is 10.7. The molecule has 0 bridgehead atoms. The lowest BCUT2D eigenvalue weighted by molar-refractivity contribution is -0.118. The predicted molar refractivity (Wildman–Crippen MR) is 83.5 cm³/mol. The van der Waals surface area contributed by atoms with Gasteiger partial charge in [0.15, 0.2) is 0 Å². The van der Waals surface area contributed by atoms with Crippen molar-refractivity contribution in [2.75, 3.05) is 24.1 Å². The SMILES string of the molecule is COc1ccc(CNC(=O)CSc2nnc(NN)n2N)cc1. The Hall–Kier alpha value is -2.46. The van der Waals surface area contributed by atoms with Gasteiger partial charge in [-0.15, -0.1) is 10.2 Å². The minimum Gasteiger partial charge on any atom is -0.497 e. The number of nitrogen functional groups attached to an aromatic ring is 2. The largest absolute Gasteiger partial charge is 0.497 e. The fourth-order valence-electron chi connectivity index (χ4n) is 1.60. The third kappa shape index (κ3) is 4.02. The zero-order valence-corrected chi connectivity index (χ0v) is 12.8. The molecule has 0 spiro atoms. The molecule has 2 aromatic rings. The Balaban J connectivity index is 1.78. The van der Waals surface area contributed by atoms with Crippen molar-refractivity contribution in [3.63, 3.8) is 0 Å². The number of methoxy groups -OCH3 is 1. The number of benzene rings is 1. The van der Waals surface area contributed by atoms with Gasteiger partial charge < -0.3 is 15.9 Å². The monoisotopic (exact) mass is 323 g/mol. The van der Waals surface area contributed by atoms with Crippen LogP contribution in [0.3, 0.4) is 0 Å². The summed E-state index contributed by atoms with van der Waals surface area (Å²) in [5.74, 6) is 11.9. The number of nitrogens with zero attached hydrogens (tertiary/aromatic N) is 3. The van der Waals surface area contributed by atoms with Crippen LogP contribution in [0.15, 0.2) is 29.4 Å². The fourth-order valence-corrected chi connectivity index (χ4v) is 2.29. The van der Waals surface area contributed by atoms with Crippen molar-refractivity contribution >= 4 is 23.6 Å². The first-order chi connectivity index (χ1) is 10.6. The van der Waals surface area contributed by atoms with Crippen LogP contribution in [0, 0.1) is 0 Å². The number of carbonyl (C=O) groups is 1. The number of thioether (sulfide) groups is 1. The summed E-state index contributed by atoms with van der Waals surface area (Å²) in [5.41, 5.74) is 3.28. The van der Waals surface area contributed by atoms with Crippen LogP contribution in [-0.2, 0) is 11.3 Å². The van der Waals surface area contributed by atoms with Gasteiger partial charge in [-0.1, -0.05) is 23.9 Å². The highest BCUT2D eigenvalue weighted by molar-refractivity contribution is 7.99. The number of nitrogens with two attached hydrogens (primary N) is 2. The Bertz CT molecular complexity index is 629. The summed E-state index contributed by atoms with van der Waals surface area (Å²) < 4.78 is 6.25. The number of carbonyl (C=O) groups excluding carboxylic acids is 1. The highest BCUT2D eigenvalue weighted by atomic mass is 32.2. The van der Waals surface area contributed by atoms with E-state index < -0.39 is 0 Å². The first kappa shape index (κ1) is 15.9. The molecule has 0 radical (unpaired) electrons. The van der Waals surface area contributed by atoms with Crippen LogP contribution in [-0.4, -0.2) is 33.6 Å². The number of anilines is 1.